The van der Waals surface area contributed by atoms with Gasteiger partial charge in [-0.05, 0) is 55.8 Å². The van der Waals surface area contributed by atoms with E-state index in [4.69, 9.17) is 16.9 Å². The number of phenolic OH excluding ortho intramolecular Hbond substituents is 1. The number of nitrogen functional groups attached to an aromatic ring is 1. The van der Waals surface area contributed by atoms with Crippen LogP contribution < -0.4 is 11.5 Å². The van der Waals surface area contributed by atoms with Crippen LogP contribution in [0.15, 0.2) is 18.2 Å². The van der Waals surface area contributed by atoms with Crippen LogP contribution in [-0.2, 0) is 11.3 Å². The van der Waals surface area contributed by atoms with Crippen molar-refractivity contribution in [2.75, 3.05) is 13.1 Å². The number of carbonyl (C=O) groups excluding carboxylic acids is 2. The van der Waals surface area contributed by atoms with Crippen molar-refractivity contribution in [3.8, 4) is 5.75 Å². The molecule has 174 valence electrons. The molecule has 3 amide bonds. The molecule has 0 spiro atoms. The number of urea groups is 1. The first kappa shape index (κ1) is 22.7. The van der Waals surface area contributed by atoms with E-state index in [1.807, 2.05) is 13.0 Å². The molecule has 8 nitrogen and oxygen atoms in total. The summed E-state index contributed by atoms with van der Waals surface area (Å²) in [5, 5.41) is 17.9. The number of likely N-dealkylation sites (tertiary alicyclic amines) is 2. The van der Waals surface area contributed by atoms with Gasteiger partial charge in [0.2, 0.25) is 0 Å². The van der Waals surface area contributed by atoms with E-state index in [1.54, 1.807) is 12.1 Å². The molecular formula is C24H36N5O3+. The minimum absolute atomic E-state index is 0.0285. The molecule has 1 aromatic carbocycles. The highest BCUT2D eigenvalue weighted by Gasteiger charge is 2.57. The molecule has 1 aliphatic carbocycles. The molecule has 2 saturated heterocycles. The SMILES string of the molecule is C[C@@H]1CCC[N+]1(C(N)=O)C(=O)[C@H]1[C@@H]2CCCC[C@@H]2CCN1Cc1ccc(C(=N)N)c(O)c1. The summed E-state index contributed by atoms with van der Waals surface area (Å²) in [6.45, 7) is 3.74. The number of rotatable bonds is 4. The molecule has 2 aliphatic heterocycles. The third-order valence-electron chi connectivity index (χ3n) is 8.22. The summed E-state index contributed by atoms with van der Waals surface area (Å²) in [7, 11) is 0. The van der Waals surface area contributed by atoms with Crippen LogP contribution in [0.1, 0.15) is 63.0 Å². The summed E-state index contributed by atoms with van der Waals surface area (Å²) in [5.74, 6) is 0.495. The number of benzene rings is 1. The first-order valence-electron chi connectivity index (χ1n) is 11.9. The Bertz CT molecular complexity index is 919. The lowest BCUT2D eigenvalue weighted by Crippen LogP contribution is -2.69. The maximum Gasteiger partial charge on any atom is 0.421 e. The standard InChI is InChI=1S/C24H35N5O3/c1-15-5-4-12-29(15,24(27)32)23(31)21-18-7-3-2-6-17(18)10-11-28(21)14-16-8-9-19(22(25)26)20(30)13-16/h8-9,13,15,17-18,21H,2-7,10-12,14H2,1H3,(H5-,25,26,27,30,32)/p+1/t15-,17-,18-,21-,29?/m1/s1. The summed E-state index contributed by atoms with van der Waals surface area (Å²) in [5.41, 5.74) is 12.6. The number of amidine groups is 1. The number of piperidine rings is 1. The first-order valence-corrected chi connectivity index (χ1v) is 11.9. The van der Waals surface area contributed by atoms with E-state index in [-0.39, 0.29) is 40.0 Å². The summed E-state index contributed by atoms with van der Waals surface area (Å²) in [6, 6.07) is 4.16. The lowest BCUT2D eigenvalue weighted by atomic mass is 9.70. The predicted octanol–water partition coefficient (Wildman–Crippen LogP) is 2.66. The van der Waals surface area contributed by atoms with Crippen LogP contribution in [0.4, 0.5) is 4.79 Å². The number of nitrogens with two attached hydrogens (primary N) is 2. The van der Waals surface area contributed by atoms with Gasteiger partial charge in [0.1, 0.15) is 23.7 Å². The lowest BCUT2D eigenvalue weighted by molar-refractivity contribution is -0.785. The molecular weight excluding hydrogens is 406 g/mol. The van der Waals surface area contributed by atoms with E-state index in [0.717, 1.165) is 50.6 Å². The highest BCUT2D eigenvalue weighted by atomic mass is 16.3. The Labute approximate surface area is 189 Å². The Hall–Kier alpha value is -2.45. The van der Waals surface area contributed by atoms with Crippen LogP contribution in [-0.4, -0.2) is 57.4 Å². The number of nitrogens with zero attached hydrogens (tertiary/aromatic N) is 2. The highest BCUT2D eigenvalue weighted by Crippen LogP contribution is 2.43. The van der Waals surface area contributed by atoms with Gasteiger partial charge >= 0.3 is 11.9 Å². The number of imide groups is 1. The molecule has 3 fully saturated rings. The minimum Gasteiger partial charge on any atom is -0.507 e. The Morgan fingerprint density at radius 3 is 2.53 bits per heavy atom. The van der Waals surface area contributed by atoms with Gasteiger partial charge in [-0.2, -0.15) is 4.48 Å². The predicted molar refractivity (Wildman–Crippen MR) is 122 cm³/mol. The lowest BCUT2D eigenvalue weighted by Gasteiger charge is -2.48. The molecule has 32 heavy (non-hydrogen) atoms. The van der Waals surface area contributed by atoms with Crippen molar-refractivity contribution in [3.05, 3.63) is 29.3 Å². The van der Waals surface area contributed by atoms with Gasteiger partial charge in [0.15, 0.2) is 0 Å². The van der Waals surface area contributed by atoms with Crippen molar-refractivity contribution in [3.63, 3.8) is 0 Å². The van der Waals surface area contributed by atoms with Gasteiger partial charge in [0.05, 0.1) is 12.1 Å². The number of amides is 3. The normalized spacial score (nSPS) is 32.9. The van der Waals surface area contributed by atoms with Gasteiger partial charge in [-0.15, -0.1) is 0 Å². The molecule has 4 rings (SSSR count). The number of hydrogen-bond donors (Lipinski definition) is 4. The zero-order valence-corrected chi connectivity index (χ0v) is 18.9. The third kappa shape index (κ3) is 3.79. The number of nitrogens with one attached hydrogen (secondary N) is 1. The van der Waals surface area contributed by atoms with E-state index >= 15 is 0 Å². The number of quaternary nitrogens is 1. The van der Waals surface area contributed by atoms with Gasteiger partial charge in [-0.1, -0.05) is 25.3 Å². The van der Waals surface area contributed by atoms with Crippen molar-refractivity contribution in [1.82, 2.24) is 4.90 Å². The second-order valence-electron chi connectivity index (χ2n) is 9.94. The highest BCUT2D eigenvalue weighted by molar-refractivity contribution is 5.97. The van der Waals surface area contributed by atoms with Crippen molar-refractivity contribution in [2.24, 2.45) is 23.3 Å². The van der Waals surface area contributed by atoms with Crippen molar-refractivity contribution < 1.29 is 19.2 Å². The average molecular weight is 443 g/mol. The van der Waals surface area contributed by atoms with E-state index in [1.165, 1.54) is 6.42 Å². The number of fused-ring (bicyclic) bond motifs is 1. The number of aromatic hydroxyl groups is 1. The van der Waals surface area contributed by atoms with Crippen LogP contribution in [0.5, 0.6) is 5.75 Å². The number of phenols is 1. The Morgan fingerprint density at radius 2 is 1.91 bits per heavy atom. The molecule has 6 N–H and O–H groups in total. The van der Waals surface area contributed by atoms with Gasteiger partial charge in [0.25, 0.3) is 0 Å². The van der Waals surface area contributed by atoms with Crippen molar-refractivity contribution in [1.29, 1.82) is 5.41 Å². The molecule has 1 saturated carbocycles. The molecule has 5 atom stereocenters. The van der Waals surface area contributed by atoms with E-state index in [9.17, 15) is 14.7 Å². The van der Waals surface area contributed by atoms with Gasteiger partial charge in [-0.25, -0.2) is 9.59 Å². The van der Waals surface area contributed by atoms with Crippen LogP contribution in [0, 0.1) is 17.2 Å². The molecule has 3 aliphatic rings. The fourth-order valence-electron chi connectivity index (χ4n) is 6.48. The number of hydrogen-bond acceptors (Lipinski definition) is 5. The Kier molecular flexibility index (Phi) is 6.27. The van der Waals surface area contributed by atoms with Gasteiger partial charge < -0.3 is 16.6 Å². The maximum atomic E-state index is 14.2. The summed E-state index contributed by atoms with van der Waals surface area (Å²) >= 11 is 0. The summed E-state index contributed by atoms with van der Waals surface area (Å²) in [4.78, 5) is 29.1. The van der Waals surface area contributed by atoms with Crippen LogP contribution in [0.25, 0.3) is 0 Å². The molecule has 0 bridgehead atoms. The molecule has 2 heterocycles. The molecule has 8 heteroatoms. The van der Waals surface area contributed by atoms with Crippen LogP contribution >= 0.6 is 0 Å². The monoisotopic (exact) mass is 442 g/mol. The minimum atomic E-state index is -0.527. The van der Waals surface area contributed by atoms with E-state index < -0.39 is 6.03 Å². The van der Waals surface area contributed by atoms with Crippen molar-refractivity contribution >= 4 is 17.8 Å². The van der Waals surface area contributed by atoms with Gasteiger partial charge in [0, 0.05) is 19.4 Å². The number of primary amides is 1. The smallest absolute Gasteiger partial charge is 0.421 e. The van der Waals surface area contributed by atoms with Gasteiger partial charge in [-0.3, -0.25) is 10.3 Å². The first-order chi connectivity index (χ1) is 15.3. The summed E-state index contributed by atoms with van der Waals surface area (Å²) < 4.78 is -0.237. The van der Waals surface area contributed by atoms with E-state index in [0.29, 0.717) is 24.6 Å². The Balaban J connectivity index is 1.68. The second-order valence-corrected chi connectivity index (χ2v) is 9.94. The molecule has 0 aromatic heterocycles. The second kappa shape index (κ2) is 8.83. The zero-order chi connectivity index (χ0) is 23.0. The summed E-state index contributed by atoms with van der Waals surface area (Å²) in [6.07, 6.45) is 7.15. The maximum absolute atomic E-state index is 14.2. The quantitative estimate of drug-likeness (QED) is 0.323. The zero-order valence-electron chi connectivity index (χ0n) is 18.9. The van der Waals surface area contributed by atoms with E-state index in [2.05, 4.69) is 4.90 Å². The fourth-order valence-corrected chi connectivity index (χ4v) is 6.48. The largest absolute Gasteiger partial charge is 0.507 e. The molecule has 1 unspecified atom stereocenters. The third-order valence-corrected chi connectivity index (χ3v) is 8.22. The average Bonchev–Trinajstić information content (AvgIpc) is 3.15. The van der Waals surface area contributed by atoms with Crippen molar-refractivity contribution in [2.45, 2.75) is 70.5 Å². The van der Waals surface area contributed by atoms with Crippen LogP contribution in [0.2, 0.25) is 0 Å². The Morgan fingerprint density at radius 1 is 1.16 bits per heavy atom. The fraction of sp³-hybridized carbons (Fsp3) is 0.625. The molecule has 1 aromatic rings. The topological polar surface area (TPSA) is 134 Å². The van der Waals surface area contributed by atoms with Crippen LogP contribution in [0.3, 0.4) is 0 Å². The number of carbonyl (C=O) groups is 2. The molecule has 0 radical (unpaired) electrons.